The van der Waals surface area contributed by atoms with E-state index in [-0.39, 0.29) is 30.6 Å². The summed E-state index contributed by atoms with van der Waals surface area (Å²) in [7, 11) is -0.487. The van der Waals surface area contributed by atoms with E-state index >= 15 is 0 Å². The summed E-state index contributed by atoms with van der Waals surface area (Å²) in [6.45, 7) is 15.8. The fourth-order valence-corrected chi connectivity index (χ4v) is 5.40. The van der Waals surface area contributed by atoms with Crippen molar-refractivity contribution >= 4 is 30.2 Å². The van der Waals surface area contributed by atoms with Gasteiger partial charge < -0.3 is 24.3 Å². The molecule has 2 saturated heterocycles. The van der Waals surface area contributed by atoms with Gasteiger partial charge in [-0.25, -0.2) is 9.78 Å². The molecule has 10 nitrogen and oxygen atoms in total. The Labute approximate surface area is 252 Å². The van der Waals surface area contributed by atoms with Crippen LogP contribution in [0.15, 0.2) is 47.5 Å². The predicted octanol–water partition coefficient (Wildman–Crippen LogP) is 3.98. The molecule has 1 aromatic carbocycles. The zero-order chi connectivity index (χ0) is 31.3. The summed E-state index contributed by atoms with van der Waals surface area (Å²) in [4.78, 5) is 44.5. The molecular formula is C32H41BN4O6. The second-order valence-electron chi connectivity index (χ2n) is 13.5. The van der Waals surface area contributed by atoms with Crippen molar-refractivity contribution < 1.29 is 23.6 Å². The zero-order valence-electron chi connectivity index (χ0n) is 26.3. The molecule has 2 aromatic heterocycles. The van der Waals surface area contributed by atoms with E-state index in [2.05, 4.69) is 10.3 Å². The molecule has 0 saturated carbocycles. The number of ether oxygens (including phenoxy) is 1. The monoisotopic (exact) mass is 588 g/mol. The Balaban J connectivity index is 1.43. The summed E-state index contributed by atoms with van der Waals surface area (Å²) >= 11 is 0. The lowest BCUT2D eigenvalue weighted by Gasteiger charge is -2.32. The van der Waals surface area contributed by atoms with Crippen molar-refractivity contribution in [2.45, 2.75) is 97.6 Å². The maximum atomic E-state index is 13.6. The van der Waals surface area contributed by atoms with Crippen LogP contribution in [0.5, 0.6) is 0 Å². The van der Waals surface area contributed by atoms with Crippen LogP contribution in [-0.4, -0.2) is 62.8 Å². The fourth-order valence-electron chi connectivity index (χ4n) is 5.40. The quantitative estimate of drug-likeness (QED) is 0.434. The van der Waals surface area contributed by atoms with Gasteiger partial charge in [0.05, 0.1) is 23.3 Å². The summed E-state index contributed by atoms with van der Waals surface area (Å²) in [5, 5.41) is 2.88. The number of benzene rings is 1. The third kappa shape index (κ3) is 6.33. The number of aromatic nitrogens is 2. The Morgan fingerprint density at radius 2 is 1.86 bits per heavy atom. The topological polar surface area (TPSA) is 111 Å². The van der Waals surface area contributed by atoms with Gasteiger partial charge in [-0.1, -0.05) is 18.2 Å². The van der Waals surface area contributed by atoms with Crippen LogP contribution in [0.1, 0.15) is 72.4 Å². The number of nitrogens with zero attached hydrogens (tertiary/aromatic N) is 3. The average Bonchev–Trinajstić information content (AvgIpc) is 3.41. The number of carbonyl (C=O) groups excluding carboxylic acids is 2. The van der Waals surface area contributed by atoms with E-state index in [4.69, 9.17) is 14.0 Å². The Hall–Kier alpha value is -3.70. The number of fused-ring (bicyclic) bond motifs is 1. The first-order valence-corrected chi connectivity index (χ1v) is 14.8. The minimum absolute atomic E-state index is 0.00699. The van der Waals surface area contributed by atoms with Crippen LogP contribution in [0.25, 0.3) is 16.8 Å². The molecule has 0 aliphatic carbocycles. The van der Waals surface area contributed by atoms with Gasteiger partial charge in [-0.05, 0) is 96.1 Å². The van der Waals surface area contributed by atoms with Gasteiger partial charge in [0, 0.05) is 31.4 Å². The molecule has 1 N–H and O–H groups in total. The molecule has 43 heavy (non-hydrogen) atoms. The zero-order valence-corrected chi connectivity index (χ0v) is 26.3. The first-order chi connectivity index (χ1) is 20.0. The molecule has 1 atom stereocenters. The molecule has 0 spiro atoms. The highest BCUT2D eigenvalue weighted by Gasteiger charge is 2.52. The molecule has 2 fully saturated rings. The SMILES string of the molecule is Cc1c(B2OC(C)(C)C(C)(C)O2)cccc1-c1ccn2c(=O)c(CN(C[C@@H]3CCC(=O)N3)C(=O)OC(C)(C)C)cnc2c1. The Kier molecular flexibility index (Phi) is 7.94. The number of amides is 2. The van der Waals surface area contributed by atoms with Gasteiger partial charge >= 0.3 is 13.2 Å². The molecule has 2 aliphatic rings. The standard InChI is InChI=1S/C32H41BN4O6/c1-20-24(10-9-11-25(20)33-42-31(5,6)32(7,8)43-33)21-14-15-37-26(16-21)34-17-22(28(37)39)18-36(29(40)41-30(2,3)4)19-23-12-13-27(38)35-23/h9-11,14-17,23H,12-13,18-19H2,1-8H3,(H,35,38)/t23-/m0/s1. The fraction of sp³-hybridized carbons (Fsp3) is 0.500. The normalized spacial score (nSPS) is 19.5. The summed E-state index contributed by atoms with van der Waals surface area (Å²) in [6.07, 6.45) is 3.70. The van der Waals surface area contributed by atoms with E-state index < -0.39 is 30.0 Å². The average molecular weight is 589 g/mol. The second kappa shape index (κ2) is 11.1. The first-order valence-electron chi connectivity index (χ1n) is 14.8. The van der Waals surface area contributed by atoms with E-state index in [1.807, 2.05) is 65.0 Å². The molecule has 2 aliphatic heterocycles. The number of hydrogen-bond donors (Lipinski definition) is 1. The number of pyridine rings is 1. The lowest BCUT2D eigenvalue weighted by molar-refractivity contribution is -0.119. The minimum atomic E-state index is -0.709. The van der Waals surface area contributed by atoms with Gasteiger partial charge in [0.1, 0.15) is 11.2 Å². The van der Waals surface area contributed by atoms with Gasteiger partial charge in [-0.15, -0.1) is 0 Å². The van der Waals surface area contributed by atoms with Crippen molar-refractivity contribution in [3.05, 3.63) is 64.2 Å². The number of nitrogens with one attached hydrogen (secondary N) is 1. The van der Waals surface area contributed by atoms with E-state index in [1.165, 1.54) is 15.5 Å². The maximum absolute atomic E-state index is 13.6. The number of hydrogen-bond acceptors (Lipinski definition) is 7. The van der Waals surface area contributed by atoms with Gasteiger partial charge in [0.25, 0.3) is 5.56 Å². The molecule has 0 bridgehead atoms. The first kappa shape index (κ1) is 30.8. The van der Waals surface area contributed by atoms with Crippen LogP contribution < -0.4 is 16.3 Å². The van der Waals surface area contributed by atoms with E-state index in [0.29, 0.717) is 24.1 Å². The summed E-state index contributed by atoms with van der Waals surface area (Å²) in [5.41, 5.74) is 2.83. The van der Waals surface area contributed by atoms with Crippen molar-refractivity contribution in [3.8, 4) is 11.1 Å². The van der Waals surface area contributed by atoms with E-state index in [0.717, 1.165) is 22.2 Å². The molecule has 3 aromatic rings. The van der Waals surface area contributed by atoms with Crippen LogP contribution in [0, 0.1) is 6.92 Å². The Morgan fingerprint density at radius 3 is 2.49 bits per heavy atom. The van der Waals surface area contributed by atoms with Crippen LogP contribution in [0.3, 0.4) is 0 Å². The van der Waals surface area contributed by atoms with Gasteiger partial charge in [0.2, 0.25) is 5.91 Å². The minimum Gasteiger partial charge on any atom is -0.444 e. The maximum Gasteiger partial charge on any atom is 0.495 e. The predicted molar refractivity (Wildman–Crippen MR) is 165 cm³/mol. The van der Waals surface area contributed by atoms with Gasteiger partial charge in [-0.3, -0.25) is 14.0 Å². The van der Waals surface area contributed by atoms with Gasteiger partial charge in [0.15, 0.2) is 0 Å². The summed E-state index contributed by atoms with van der Waals surface area (Å²) < 4.78 is 19.7. The van der Waals surface area contributed by atoms with Crippen molar-refractivity contribution in [1.29, 1.82) is 0 Å². The summed E-state index contributed by atoms with van der Waals surface area (Å²) in [6, 6.07) is 9.59. The lowest BCUT2D eigenvalue weighted by Crippen LogP contribution is -2.44. The van der Waals surface area contributed by atoms with Crippen LogP contribution in [0.4, 0.5) is 4.79 Å². The van der Waals surface area contributed by atoms with Crippen molar-refractivity contribution in [2.24, 2.45) is 0 Å². The number of rotatable bonds is 6. The van der Waals surface area contributed by atoms with Crippen molar-refractivity contribution in [1.82, 2.24) is 19.6 Å². The number of carbonyl (C=O) groups is 2. The smallest absolute Gasteiger partial charge is 0.444 e. The van der Waals surface area contributed by atoms with Crippen molar-refractivity contribution in [2.75, 3.05) is 6.54 Å². The van der Waals surface area contributed by atoms with Gasteiger partial charge in [-0.2, -0.15) is 0 Å². The lowest BCUT2D eigenvalue weighted by atomic mass is 9.74. The van der Waals surface area contributed by atoms with E-state index in [1.54, 1.807) is 27.0 Å². The largest absolute Gasteiger partial charge is 0.495 e. The second-order valence-corrected chi connectivity index (χ2v) is 13.5. The third-order valence-corrected chi connectivity index (χ3v) is 8.51. The molecule has 2 amide bonds. The Morgan fingerprint density at radius 1 is 1.16 bits per heavy atom. The molecule has 4 heterocycles. The van der Waals surface area contributed by atoms with Crippen LogP contribution >= 0.6 is 0 Å². The highest BCUT2D eigenvalue weighted by molar-refractivity contribution is 6.62. The molecule has 11 heteroatoms. The highest BCUT2D eigenvalue weighted by atomic mass is 16.7. The van der Waals surface area contributed by atoms with Crippen LogP contribution in [0.2, 0.25) is 0 Å². The summed E-state index contributed by atoms with van der Waals surface area (Å²) in [5.74, 6) is -0.0471. The Bertz CT molecular complexity index is 1610. The molecule has 0 unspecified atom stereocenters. The molecular weight excluding hydrogens is 547 g/mol. The van der Waals surface area contributed by atoms with Crippen molar-refractivity contribution in [3.63, 3.8) is 0 Å². The molecule has 228 valence electrons. The molecule has 0 radical (unpaired) electrons. The highest BCUT2D eigenvalue weighted by Crippen LogP contribution is 2.37. The van der Waals surface area contributed by atoms with E-state index in [9.17, 15) is 14.4 Å². The third-order valence-electron chi connectivity index (χ3n) is 8.51. The van der Waals surface area contributed by atoms with Crippen LogP contribution in [-0.2, 0) is 25.4 Å². The molecule has 5 rings (SSSR count).